The SMILES string of the molecule is CCc1ccc(-c2coc3cc4oc(=O)c(-c5nsc(=O)o5)c(C)c4cc23)cc1. The molecule has 5 rings (SSSR count). The molecule has 0 N–H and O–H groups in total. The Morgan fingerprint density at radius 2 is 1.79 bits per heavy atom. The van der Waals surface area contributed by atoms with Crippen LogP contribution in [0.15, 0.2) is 65.5 Å². The molecule has 7 heteroatoms. The minimum absolute atomic E-state index is 0.0178. The van der Waals surface area contributed by atoms with Crippen LogP contribution in [0.1, 0.15) is 18.1 Å². The normalized spacial score (nSPS) is 11.5. The van der Waals surface area contributed by atoms with E-state index in [0.717, 1.165) is 28.3 Å². The number of benzene rings is 2. The van der Waals surface area contributed by atoms with Gasteiger partial charge in [-0.05, 0) is 36.1 Å². The van der Waals surface area contributed by atoms with Gasteiger partial charge in [0.15, 0.2) is 0 Å². The lowest BCUT2D eigenvalue weighted by Crippen LogP contribution is -2.06. The number of fused-ring (bicyclic) bond motifs is 2. The van der Waals surface area contributed by atoms with Crippen LogP contribution in [-0.2, 0) is 6.42 Å². The minimum Gasteiger partial charge on any atom is -0.464 e. The highest BCUT2D eigenvalue weighted by atomic mass is 32.1. The average molecular weight is 405 g/mol. The van der Waals surface area contributed by atoms with Crippen molar-refractivity contribution >= 4 is 33.5 Å². The van der Waals surface area contributed by atoms with E-state index in [1.165, 1.54) is 5.56 Å². The summed E-state index contributed by atoms with van der Waals surface area (Å²) >= 11 is 0.661. The number of hydrogen-bond donors (Lipinski definition) is 0. The first-order valence-corrected chi connectivity index (χ1v) is 9.87. The molecule has 0 radical (unpaired) electrons. The summed E-state index contributed by atoms with van der Waals surface area (Å²) in [6, 6.07) is 12.0. The summed E-state index contributed by atoms with van der Waals surface area (Å²) in [6.45, 7) is 3.91. The summed E-state index contributed by atoms with van der Waals surface area (Å²) < 4.78 is 20.2. The summed E-state index contributed by atoms with van der Waals surface area (Å²) in [4.78, 5) is 23.3. The Kier molecular flexibility index (Phi) is 3.99. The quantitative estimate of drug-likeness (QED) is 0.386. The van der Waals surface area contributed by atoms with Gasteiger partial charge in [-0.15, -0.1) is 4.37 Å². The highest BCUT2D eigenvalue weighted by Gasteiger charge is 2.20. The fourth-order valence-electron chi connectivity index (χ4n) is 3.55. The van der Waals surface area contributed by atoms with Gasteiger partial charge in [-0.1, -0.05) is 31.2 Å². The molecule has 0 aliphatic heterocycles. The van der Waals surface area contributed by atoms with Crippen LogP contribution < -0.4 is 10.6 Å². The molecular weight excluding hydrogens is 390 g/mol. The molecular formula is C22H15NO5S. The summed E-state index contributed by atoms with van der Waals surface area (Å²) in [5, 5.41) is 1.64. The summed E-state index contributed by atoms with van der Waals surface area (Å²) in [5.41, 5.74) is 4.49. The van der Waals surface area contributed by atoms with Gasteiger partial charge in [0.05, 0.1) is 17.8 Å². The predicted octanol–water partition coefficient (Wildman–Crippen LogP) is 5.15. The lowest BCUT2D eigenvalue weighted by atomic mass is 9.99. The van der Waals surface area contributed by atoms with Gasteiger partial charge in [-0.2, -0.15) is 0 Å². The maximum Gasteiger partial charge on any atom is 0.414 e. The number of aryl methyl sites for hydroxylation is 2. The molecule has 144 valence electrons. The third-order valence-electron chi connectivity index (χ3n) is 5.13. The van der Waals surface area contributed by atoms with Crippen LogP contribution in [0.4, 0.5) is 0 Å². The number of nitrogens with zero attached hydrogens (tertiary/aromatic N) is 1. The van der Waals surface area contributed by atoms with Crippen LogP contribution >= 0.6 is 11.5 Å². The Balaban J connectivity index is 1.76. The minimum atomic E-state index is -0.606. The second kappa shape index (κ2) is 6.56. The first-order valence-electron chi connectivity index (χ1n) is 9.10. The maximum absolute atomic E-state index is 12.5. The first-order chi connectivity index (χ1) is 14.0. The van der Waals surface area contributed by atoms with E-state index in [9.17, 15) is 9.59 Å². The maximum atomic E-state index is 12.5. The Labute approximate surface area is 168 Å². The van der Waals surface area contributed by atoms with Crippen molar-refractivity contribution in [2.24, 2.45) is 0 Å². The van der Waals surface area contributed by atoms with Gasteiger partial charge in [0.25, 0.3) is 0 Å². The molecule has 0 saturated heterocycles. The molecule has 0 fully saturated rings. The highest BCUT2D eigenvalue weighted by molar-refractivity contribution is 7.02. The van der Waals surface area contributed by atoms with Crippen molar-refractivity contribution in [3.8, 4) is 22.6 Å². The van der Waals surface area contributed by atoms with Crippen LogP contribution in [0.5, 0.6) is 0 Å². The van der Waals surface area contributed by atoms with Gasteiger partial charge in [-0.3, -0.25) is 0 Å². The van der Waals surface area contributed by atoms with E-state index in [-0.39, 0.29) is 11.5 Å². The van der Waals surface area contributed by atoms with Crippen molar-refractivity contribution in [1.29, 1.82) is 0 Å². The molecule has 6 nitrogen and oxygen atoms in total. The van der Waals surface area contributed by atoms with E-state index >= 15 is 0 Å². The zero-order valence-electron chi connectivity index (χ0n) is 15.6. The number of rotatable bonds is 3. The van der Waals surface area contributed by atoms with Gasteiger partial charge in [0.1, 0.15) is 16.7 Å². The zero-order valence-corrected chi connectivity index (χ0v) is 16.5. The average Bonchev–Trinajstić information content (AvgIpc) is 3.33. The van der Waals surface area contributed by atoms with Gasteiger partial charge >= 0.3 is 10.6 Å². The standard InChI is InChI=1S/C22H15NO5S/c1-3-12-4-6-13(7-5-12)16-10-26-17-9-18-14(8-15(16)17)11(2)19(21(24)27-18)20-23-29-22(25)28-20/h4-10H,3H2,1-2H3. The summed E-state index contributed by atoms with van der Waals surface area (Å²) in [7, 11) is 0. The van der Waals surface area contributed by atoms with Gasteiger partial charge < -0.3 is 13.3 Å². The van der Waals surface area contributed by atoms with Gasteiger partial charge in [-0.25, -0.2) is 9.59 Å². The molecule has 0 unspecified atom stereocenters. The van der Waals surface area contributed by atoms with E-state index in [2.05, 4.69) is 35.6 Å². The highest BCUT2D eigenvalue weighted by Crippen LogP contribution is 2.35. The van der Waals surface area contributed by atoms with Crippen LogP contribution in [0.3, 0.4) is 0 Å². The molecule has 2 aromatic carbocycles. The van der Waals surface area contributed by atoms with Crippen molar-refractivity contribution in [3.05, 3.63) is 73.9 Å². The van der Waals surface area contributed by atoms with Crippen molar-refractivity contribution in [1.82, 2.24) is 4.37 Å². The third-order valence-corrected chi connectivity index (χ3v) is 5.62. The van der Waals surface area contributed by atoms with Crippen LogP contribution in [-0.4, -0.2) is 4.37 Å². The molecule has 0 saturated carbocycles. The van der Waals surface area contributed by atoms with Crippen LogP contribution in [0, 0.1) is 6.92 Å². The Morgan fingerprint density at radius 3 is 2.48 bits per heavy atom. The third kappa shape index (κ3) is 2.82. The van der Waals surface area contributed by atoms with Crippen LogP contribution in [0.25, 0.3) is 44.5 Å². The largest absolute Gasteiger partial charge is 0.464 e. The molecule has 5 aromatic rings. The molecule has 3 heterocycles. The summed E-state index contributed by atoms with van der Waals surface area (Å²) in [5.74, 6) is -0.0178. The lowest BCUT2D eigenvalue weighted by Gasteiger charge is -2.06. The zero-order chi connectivity index (χ0) is 20.1. The molecule has 0 atom stereocenters. The summed E-state index contributed by atoms with van der Waals surface area (Å²) in [6.07, 6.45) is 2.68. The second-order valence-corrected chi connectivity index (χ2v) is 7.47. The van der Waals surface area contributed by atoms with Crippen molar-refractivity contribution in [2.75, 3.05) is 0 Å². The van der Waals surface area contributed by atoms with E-state index < -0.39 is 10.6 Å². The first kappa shape index (κ1) is 17.6. The molecule has 0 bridgehead atoms. The van der Waals surface area contributed by atoms with E-state index in [1.54, 1.807) is 19.3 Å². The lowest BCUT2D eigenvalue weighted by molar-refractivity contribution is 0.525. The van der Waals surface area contributed by atoms with E-state index in [1.807, 2.05) is 6.07 Å². The van der Waals surface area contributed by atoms with Crippen LogP contribution in [0.2, 0.25) is 0 Å². The Morgan fingerprint density at radius 1 is 1.00 bits per heavy atom. The van der Waals surface area contributed by atoms with E-state index in [0.29, 0.717) is 28.3 Å². The van der Waals surface area contributed by atoms with Crippen molar-refractivity contribution < 1.29 is 13.3 Å². The molecule has 0 aliphatic carbocycles. The smallest absolute Gasteiger partial charge is 0.414 e. The Bertz CT molecular complexity index is 1480. The number of furan rings is 1. The van der Waals surface area contributed by atoms with Crippen molar-refractivity contribution in [3.63, 3.8) is 0 Å². The molecule has 3 aromatic heterocycles. The van der Waals surface area contributed by atoms with Gasteiger partial charge in [0, 0.05) is 22.4 Å². The molecule has 29 heavy (non-hydrogen) atoms. The Hall–Kier alpha value is -3.45. The monoisotopic (exact) mass is 405 g/mol. The second-order valence-electron chi connectivity index (χ2n) is 6.77. The number of hydrogen-bond acceptors (Lipinski definition) is 7. The topological polar surface area (TPSA) is 86.5 Å². The molecule has 0 amide bonds. The van der Waals surface area contributed by atoms with Crippen molar-refractivity contribution in [2.45, 2.75) is 20.3 Å². The predicted molar refractivity (Wildman–Crippen MR) is 111 cm³/mol. The number of aromatic nitrogens is 1. The fourth-order valence-corrected chi connectivity index (χ4v) is 3.96. The fraction of sp³-hybridized carbons (Fsp3) is 0.136. The molecule has 0 aliphatic rings. The molecule has 0 spiro atoms. The van der Waals surface area contributed by atoms with Gasteiger partial charge in [0.2, 0.25) is 5.89 Å². The van der Waals surface area contributed by atoms with E-state index in [4.69, 9.17) is 13.3 Å².